The first-order chi connectivity index (χ1) is 7.18. The van der Waals surface area contributed by atoms with E-state index in [2.05, 4.69) is 14.9 Å². The molecule has 0 fully saturated rings. The topological polar surface area (TPSA) is 86.8 Å². The summed E-state index contributed by atoms with van der Waals surface area (Å²) in [6.45, 7) is 1.69. The van der Waals surface area contributed by atoms with E-state index in [4.69, 9.17) is 10.6 Å². The Morgan fingerprint density at radius 1 is 1.80 bits per heavy atom. The third-order valence-corrected chi connectivity index (χ3v) is 2.01. The molecule has 0 atom stereocenters. The summed E-state index contributed by atoms with van der Waals surface area (Å²) in [5, 5.41) is 5.86. The number of aromatic nitrogens is 1. The van der Waals surface area contributed by atoms with Gasteiger partial charge in [0.05, 0.1) is 11.9 Å². The van der Waals surface area contributed by atoms with Crippen molar-refractivity contribution in [3.63, 3.8) is 0 Å². The van der Waals surface area contributed by atoms with Gasteiger partial charge in [-0.05, 0) is 0 Å². The fraction of sp³-hybridized carbons (Fsp3) is 0.375. The van der Waals surface area contributed by atoms with E-state index in [0.29, 0.717) is 5.13 Å². The minimum Gasteiger partial charge on any atom is -0.460 e. The Bertz CT molecular complexity index is 351. The number of nitrogens with two attached hydrogens (primary N) is 1. The number of hydrogen-bond acceptors (Lipinski definition) is 7. The van der Waals surface area contributed by atoms with Crippen molar-refractivity contribution in [2.75, 3.05) is 12.3 Å². The van der Waals surface area contributed by atoms with Crippen LogP contribution in [0.3, 0.4) is 0 Å². The second-order valence-electron chi connectivity index (χ2n) is 2.54. The van der Waals surface area contributed by atoms with Gasteiger partial charge in [0.1, 0.15) is 6.61 Å². The molecule has 1 aromatic heterocycles. The number of ether oxygens (including phenoxy) is 1. The number of anilines is 1. The van der Waals surface area contributed by atoms with Gasteiger partial charge in [-0.15, -0.1) is 11.3 Å². The predicted octanol–water partition coefficient (Wildman–Crippen LogP) is 0.791. The van der Waals surface area contributed by atoms with Gasteiger partial charge >= 0.3 is 5.97 Å². The largest absolute Gasteiger partial charge is 0.460 e. The Balaban J connectivity index is 2.13. The van der Waals surface area contributed by atoms with Crippen LogP contribution >= 0.6 is 11.3 Å². The highest BCUT2D eigenvalue weighted by Gasteiger charge is 1.97. The number of nitrogens with zero attached hydrogens (tertiary/aromatic N) is 2. The third-order valence-electron chi connectivity index (χ3n) is 1.29. The third kappa shape index (κ3) is 4.96. The SMILES string of the molecule is CC(=O)OC/C=N\OCc1csc(N)n1. The highest BCUT2D eigenvalue weighted by atomic mass is 32.1. The smallest absolute Gasteiger partial charge is 0.302 e. The number of carbonyl (C=O) groups excluding carboxylic acids is 1. The molecule has 15 heavy (non-hydrogen) atoms. The Hall–Kier alpha value is -1.63. The van der Waals surface area contributed by atoms with Crippen molar-refractivity contribution in [2.45, 2.75) is 13.5 Å². The van der Waals surface area contributed by atoms with Gasteiger partial charge in [0, 0.05) is 12.3 Å². The molecule has 0 saturated carbocycles. The van der Waals surface area contributed by atoms with E-state index in [0.717, 1.165) is 5.69 Å². The minimum atomic E-state index is -0.353. The fourth-order valence-corrected chi connectivity index (χ4v) is 1.28. The lowest BCUT2D eigenvalue weighted by Gasteiger charge is -1.95. The Morgan fingerprint density at radius 3 is 3.20 bits per heavy atom. The van der Waals surface area contributed by atoms with Crippen LogP contribution in [0.2, 0.25) is 0 Å². The summed E-state index contributed by atoms with van der Waals surface area (Å²) in [6, 6.07) is 0. The summed E-state index contributed by atoms with van der Waals surface area (Å²) in [5.41, 5.74) is 6.14. The predicted molar refractivity (Wildman–Crippen MR) is 56.4 cm³/mol. The van der Waals surface area contributed by atoms with Gasteiger partial charge in [-0.2, -0.15) is 0 Å². The molecule has 0 aliphatic heterocycles. The van der Waals surface area contributed by atoms with Crippen LogP contribution in [0.4, 0.5) is 5.13 Å². The average Bonchev–Trinajstić information content (AvgIpc) is 2.57. The standard InChI is InChI=1S/C8H11N3O3S/c1-6(12)13-3-2-10-14-4-7-5-15-8(9)11-7/h2,5H,3-4H2,1H3,(H2,9,11)/b10-2-. The van der Waals surface area contributed by atoms with Crippen LogP contribution in [0.15, 0.2) is 10.5 Å². The average molecular weight is 229 g/mol. The molecule has 0 bridgehead atoms. The zero-order valence-corrected chi connectivity index (χ0v) is 8.99. The van der Waals surface area contributed by atoms with E-state index in [1.165, 1.54) is 24.5 Å². The first kappa shape index (κ1) is 11.4. The van der Waals surface area contributed by atoms with Gasteiger partial charge in [0.2, 0.25) is 0 Å². The van der Waals surface area contributed by atoms with E-state index >= 15 is 0 Å². The molecular formula is C8H11N3O3S. The van der Waals surface area contributed by atoms with Crippen molar-refractivity contribution < 1.29 is 14.4 Å². The summed E-state index contributed by atoms with van der Waals surface area (Å²) in [7, 11) is 0. The van der Waals surface area contributed by atoms with Crippen molar-refractivity contribution in [3.8, 4) is 0 Å². The minimum absolute atomic E-state index is 0.106. The van der Waals surface area contributed by atoms with Gasteiger partial charge in [-0.3, -0.25) is 4.79 Å². The fourth-order valence-electron chi connectivity index (χ4n) is 0.730. The lowest BCUT2D eigenvalue weighted by atomic mass is 10.5. The van der Waals surface area contributed by atoms with Crippen molar-refractivity contribution in [1.29, 1.82) is 0 Å². The van der Waals surface area contributed by atoms with E-state index in [1.807, 2.05) is 0 Å². The molecule has 1 heterocycles. The van der Waals surface area contributed by atoms with Gasteiger partial charge in [-0.25, -0.2) is 4.98 Å². The summed E-state index contributed by atoms with van der Waals surface area (Å²) in [5.74, 6) is -0.353. The molecule has 0 amide bonds. The molecule has 1 rings (SSSR count). The lowest BCUT2D eigenvalue weighted by molar-refractivity contribution is -0.139. The zero-order chi connectivity index (χ0) is 11.1. The Labute approximate surface area is 90.7 Å². The molecule has 7 heteroatoms. The van der Waals surface area contributed by atoms with Crippen LogP contribution in [-0.4, -0.2) is 23.8 Å². The second kappa shape index (κ2) is 5.97. The number of rotatable bonds is 5. The monoisotopic (exact) mass is 229 g/mol. The number of thiazole rings is 1. The number of nitrogen functional groups attached to an aromatic ring is 1. The molecule has 0 saturated heterocycles. The van der Waals surface area contributed by atoms with Gasteiger partial charge in [0.25, 0.3) is 0 Å². The number of carbonyl (C=O) groups is 1. The van der Waals surface area contributed by atoms with Gasteiger partial charge in [-0.1, -0.05) is 5.16 Å². The van der Waals surface area contributed by atoms with Crippen LogP contribution < -0.4 is 5.73 Å². The molecule has 0 spiro atoms. The molecule has 0 unspecified atom stereocenters. The molecular weight excluding hydrogens is 218 g/mol. The summed E-state index contributed by atoms with van der Waals surface area (Å²) < 4.78 is 4.60. The van der Waals surface area contributed by atoms with Crippen molar-refractivity contribution in [3.05, 3.63) is 11.1 Å². The normalized spacial score (nSPS) is 10.5. The molecule has 0 aliphatic carbocycles. The summed E-state index contributed by atoms with van der Waals surface area (Å²) in [4.78, 5) is 19.2. The number of hydrogen-bond donors (Lipinski definition) is 1. The molecule has 0 aliphatic rings. The number of oxime groups is 1. The highest BCUT2D eigenvalue weighted by Crippen LogP contribution is 2.11. The molecule has 0 aromatic carbocycles. The molecule has 2 N–H and O–H groups in total. The summed E-state index contributed by atoms with van der Waals surface area (Å²) in [6.07, 6.45) is 1.36. The van der Waals surface area contributed by atoms with Crippen molar-refractivity contribution in [2.24, 2.45) is 5.16 Å². The second-order valence-corrected chi connectivity index (χ2v) is 3.43. The first-order valence-corrected chi connectivity index (χ1v) is 5.03. The quantitative estimate of drug-likeness (QED) is 0.458. The molecule has 82 valence electrons. The van der Waals surface area contributed by atoms with E-state index in [-0.39, 0.29) is 19.2 Å². The van der Waals surface area contributed by atoms with Crippen molar-refractivity contribution >= 4 is 28.7 Å². The van der Waals surface area contributed by atoms with E-state index in [9.17, 15) is 4.79 Å². The molecule has 6 nitrogen and oxygen atoms in total. The van der Waals surface area contributed by atoms with Crippen LogP contribution in [-0.2, 0) is 21.0 Å². The van der Waals surface area contributed by atoms with Gasteiger partial charge in [0.15, 0.2) is 11.7 Å². The maximum Gasteiger partial charge on any atom is 0.302 e. The Morgan fingerprint density at radius 2 is 2.60 bits per heavy atom. The summed E-state index contributed by atoms with van der Waals surface area (Å²) >= 11 is 1.34. The zero-order valence-electron chi connectivity index (χ0n) is 8.17. The van der Waals surface area contributed by atoms with Crippen LogP contribution in [0.25, 0.3) is 0 Å². The van der Waals surface area contributed by atoms with Crippen LogP contribution in [0.1, 0.15) is 12.6 Å². The van der Waals surface area contributed by atoms with Crippen LogP contribution in [0.5, 0.6) is 0 Å². The Kier molecular flexibility index (Phi) is 4.55. The molecule has 1 aromatic rings. The first-order valence-electron chi connectivity index (χ1n) is 4.15. The maximum absolute atomic E-state index is 10.4. The van der Waals surface area contributed by atoms with E-state index in [1.54, 1.807) is 5.38 Å². The maximum atomic E-state index is 10.4. The van der Waals surface area contributed by atoms with E-state index < -0.39 is 0 Å². The number of esters is 1. The van der Waals surface area contributed by atoms with Gasteiger partial charge < -0.3 is 15.3 Å². The molecule has 0 radical (unpaired) electrons. The van der Waals surface area contributed by atoms with Crippen LogP contribution in [0, 0.1) is 0 Å². The van der Waals surface area contributed by atoms with Crippen molar-refractivity contribution in [1.82, 2.24) is 4.98 Å². The highest BCUT2D eigenvalue weighted by molar-refractivity contribution is 7.13. The lowest BCUT2D eigenvalue weighted by Crippen LogP contribution is -2.01.